The molecule has 68 valence electrons. The highest BCUT2D eigenvalue weighted by Crippen LogP contribution is 2.50. The molecule has 2 fully saturated rings. The molecule has 0 aromatic heterocycles. The Balaban J connectivity index is 2.28. The first-order chi connectivity index (χ1) is 5.51. The molecule has 1 aliphatic heterocycles. The molecule has 0 radical (unpaired) electrons. The molecule has 1 amide bonds. The van der Waals surface area contributed by atoms with Crippen LogP contribution in [0.2, 0.25) is 0 Å². The predicted molar refractivity (Wildman–Crippen MR) is 47.6 cm³/mol. The van der Waals surface area contributed by atoms with Crippen molar-refractivity contribution in [2.75, 3.05) is 0 Å². The number of rotatable bonds is 0. The van der Waals surface area contributed by atoms with Crippen LogP contribution in [-0.4, -0.2) is 11.9 Å². The van der Waals surface area contributed by atoms with Gasteiger partial charge in [0.1, 0.15) is 0 Å². The Labute approximate surface area is 73.7 Å². The highest BCUT2D eigenvalue weighted by Gasteiger charge is 2.50. The van der Waals surface area contributed by atoms with Crippen molar-refractivity contribution in [3.8, 4) is 0 Å². The van der Waals surface area contributed by atoms with Crippen LogP contribution in [0.1, 0.15) is 33.6 Å². The number of piperidine rings is 1. The number of hydrogen-bond donors (Lipinski definition) is 1. The van der Waals surface area contributed by atoms with E-state index >= 15 is 0 Å². The maximum atomic E-state index is 11.2. The molecule has 2 bridgehead atoms. The minimum absolute atomic E-state index is 0.258. The van der Waals surface area contributed by atoms with Crippen LogP contribution in [0.25, 0.3) is 0 Å². The molecule has 0 aromatic rings. The van der Waals surface area contributed by atoms with Crippen molar-refractivity contribution in [1.82, 2.24) is 5.32 Å². The fraction of sp³-hybridized carbons (Fsp3) is 0.900. The van der Waals surface area contributed by atoms with Gasteiger partial charge in [0, 0.05) is 12.5 Å². The summed E-state index contributed by atoms with van der Waals surface area (Å²) in [6.45, 7) is 6.85. The number of hydrogen-bond acceptors (Lipinski definition) is 1. The van der Waals surface area contributed by atoms with Crippen molar-refractivity contribution < 1.29 is 4.79 Å². The van der Waals surface area contributed by atoms with E-state index in [0.29, 0.717) is 23.3 Å². The lowest BCUT2D eigenvalue weighted by atomic mass is 9.75. The quantitative estimate of drug-likeness (QED) is 0.583. The van der Waals surface area contributed by atoms with E-state index in [9.17, 15) is 4.79 Å². The maximum Gasteiger partial charge on any atom is 0.220 e. The van der Waals surface area contributed by atoms with Gasteiger partial charge in [-0.05, 0) is 23.7 Å². The zero-order valence-electron chi connectivity index (χ0n) is 8.05. The standard InChI is InChI=1S/C10H17NO/c1-6-8-4-7(10(6,2)3)5-9(12)11-8/h6-8H,4-5H2,1-3H3,(H,11,12)/t6-,7+,8+/m0/s1. The van der Waals surface area contributed by atoms with E-state index in [1.807, 2.05) is 0 Å². The second kappa shape index (κ2) is 2.24. The van der Waals surface area contributed by atoms with Gasteiger partial charge in [-0.3, -0.25) is 4.79 Å². The van der Waals surface area contributed by atoms with Crippen molar-refractivity contribution in [1.29, 1.82) is 0 Å². The third-order valence-corrected chi connectivity index (χ3v) is 4.15. The van der Waals surface area contributed by atoms with E-state index in [0.717, 1.165) is 6.42 Å². The molecule has 0 unspecified atom stereocenters. The van der Waals surface area contributed by atoms with Crippen molar-refractivity contribution in [3.63, 3.8) is 0 Å². The first-order valence-electron chi connectivity index (χ1n) is 4.81. The molecule has 2 aliphatic rings. The fourth-order valence-electron chi connectivity index (χ4n) is 2.72. The maximum absolute atomic E-state index is 11.2. The Morgan fingerprint density at radius 2 is 2.17 bits per heavy atom. The predicted octanol–water partition coefficient (Wildman–Crippen LogP) is 1.56. The molecule has 1 aliphatic carbocycles. The Kier molecular flexibility index (Phi) is 1.51. The van der Waals surface area contributed by atoms with Crippen molar-refractivity contribution >= 4 is 5.91 Å². The Bertz CT molecular complexity index is 222. The van der Waals surface area contributed by atoms with Crippen LogP contribution >= 0.6 is 0 Å². The average molecular weight is 167 g/mol. The van der Waals surface area contributed by atoms with E-state index in [4.69, 9.17) is 0 Å². The zero-order chi connectivity index (χ0) is 8.93. The molecular weight excluding hydrogens is 150 g/mol. The van der Waals surface area contributed by atoms with Crippen LogP contribution in [0.15, 0.2) is 0 Å². The molecule has 1 saturated carbocycles. The molecule has 1 saturated heterocycles. The molecule has 12 heavy (non-hydrogen) atoms. The van der Waals surface area contributed by atoms with Gasteiger partial charge in [0.25, 0.3) is 0 Å². The van der Waals surface area contributed by atoms with Gasteiger partial charge in [0.2, 0.25) is 5.91 Å². The third-order valence-electron chi connectivity index (χ3n) is 4.15. The lowest BCUT2D eigenvalue weighted by Crippen LogP contribution is -2.39. The second-order valence-corrected chi connectivity index (χ2v) is 4.92. The molecule has 0 spiro atoms. The summed E-state index contributed by atoms with van der Waals surface area (Å²) in [6.07, 6.45) is 1.94. The molecule has 2 heteroatoms. The summed E-state index contributed by atoms with van der Waals surface area (Å²) in [6, 6.07) is 0.450. The smallest absolute Gasteiger partial charge is 0.220 e. The van der Waals surface area contributed by atoms with Gasteiger partial charge in [-0.1, -0.05) is 20.8 Å². The monoisotopic (exact) mass is 167 g/mol. The Morgan fingerprint density at radius 3 is 2.75 bits per heavy atom. The van der Waals surface area contributed by atoms with Crippen LogP contribution in [0.5, 0.6) is 0 Å². The van der Waals surface area contributed by atoms with Gasteiger partial charge in [-0.2, -0.15) is 0 Å². The van der Waals surface area contributed by atoms with Crippen LogP contribution < -0.4 is 5.32 Å². The van der Waals surface area contributed by atoms with Gasteiger partial charge < -0.3 is 5.32 Å². The summed E-state index contributed by atoms with van der Waals surface area (Å²) in [4.78, 5) is 11.2. The minimum Gasteiger partial charge on any atom is -0.353 e. The summed E-state index contributed by atoms with van der Waals surface area (Å²) >= 11 is 0. The highest BCUT2D eigenvalue weighted by atomic mass is 16.1. The first kappa shape index (κ1) is 8.09. The van der Waals surface area contributed by atoms with Gasteiger partial charge in [-0.25, -0.2) is 0 Å². The number of fused-ring (bicyclic) bond motifs is 2. The van der Waals surface area contributed by atoms with Crippen LogP contribution in [0, 0.1) is 17.3 Å². The van der Waals surface area contributed by atoms with Crippen molar-refractivity contribution in [2.24, 2.45) is 17.3 Å². The number of carbonyl (C=O) groups excluding carboxylic acids is 1. The van der Waals surface area contributed by atoms with Gasteiger partial charge >= 0.3 is 0 Å². The Hall–Kier alpha value is -0.530. The summed E-state index contributed by atoms with van der Waals surface area (Å²) in [7, 11) is 0. The van der Waals surface area contributed by atoms with Crippen molar-refractivity contribution in [2.45, 2.75) is 39.7 Å². The molecule has 3 atom stereocenters. The molecule has 2 rings (SSSR count). The SMILES string of the molecule is C[C@H]1[C@H]2C[C@H](CC(=O)N2)C1(C)C. The fourth-order valence-corrected chi connectivity index (χ4v) is 2.72. The van der Waals surface area contributed by atoms with E-state index < -0.39 is 0 Å². The molecule has 2 nitrogen and oxygen atoms in total. The summed E-state index contributed by atoms with van der Waals surface area (Å²) in [5.41, 5.74) is 0.351. The second-order valence-electron chi connectivity index (χ2n) is 4.92. The van der Waals surface area contributed by atoms with Crippen LogP contribution in [-0.2, 0) is 4.79 Å². The number of amides is 1. The molecule has 0 aromatic carbocycles. The average Bonchev–Trinajstić information content (AvgIpc) is 2.14. The van der Waals surface area contributed by atoms with Crippen LogP contribution in [0.4, 0.5) is 0 Å². The van der Waals surface area contributed by atoms with Gasteiger partial charge in [-0.15, -0.1) is 0 Å². The molecular formula is C10H17NO. The van der Waals surface area contributed by atoms with E-state index in [1.165, 1.54) is 6.42 Å². The number of nitrogens with one attached hydrogen (secondary N) is 1. The van der Waals surface area contributed by atoms with Crippen LogP contribution in [0.3, 0.4) is 0 Å². The largest absolute Gasteiger partial charge is 0.353 e. The van der Waals surface area contributed by atoms with Crippen molar-refractivity contribution in [3.05, 3.63) is 0 Å². The Morgan fingerprint density at radius 1 is 1.50 bits per heavy atom. The third kappa shape index (κ3) is 0.900. The lowest BCUT2D eigenvalue weighted by Gasteiger charge is -2.29. The highest BCUT2D eigenvalue weighted by molar-refractivity contribution is 5.78. The molecule has 1 N–H and O–H groups in total. The number of carbonyl (C=O) groups is 1. The first-order valence-corrected chi connectivity index (χ1v) is 4.81. The topological polar surface area (TPSA) is 29.1 Å². The molecule has 1 heterocycles. The summed E-state index contributed by atoms with van der Waals surface area (Å²) < 4.78 is 0. The zero-order valence-corrected chi connectivity index (χ0v) is 8.05. The summed E-state index contributed by atoms with van der Waals surface area (Å²) in [5, 5.41) is 3.07. The van der Waals surface area contributed by atoms with E-state index in [2.05, 4.69) is 26.1 Å². The lowest BCUT2D eigenvalue weighted by molar-refractivity contribution is -0.124. The minimum atomic E-state index is 0.258. The normalized spacial score (nSPS) is 44.2. The van der Waals surface area contributed by atoms with Gasteiger partial charge in [0.15, 0.2) is 0 Å². The van der Waals surface area contributed by atoms with E-state index in [1.54, 1.807) is 0 Å². The van der Waals surface area contributed by atoms with Gasteiger partial charge in [0.05, 0.1) is 0 Å². The summed E-state index contributed by atoms with van der Waals surface area (Å²) in [5.74, 6) is 1.51. The van der Waals surface area contributed by atoms with E-state index in [-0.39, 0.29) is 5.91 Å².